The van der Waals surface area contributed by atoms with E-state index in [1.54, 1.807) is 23.0 Å². The molecule has 0 aliphatic carbocycles. The molecule has 0 amide bonds. The van der Waals surface area contributed by atoms with Gasteiger partial charge >= 0.3 is 5.97 Å². The molecule has 0 unspecified atom stereocenters. The summed E-state index contributed by atoms with van der Waals surface area (Å²) < 4.78 is 1.63. The molecule has 1 N–H and O–H groups in total. The lowest BCUT2D eigenvalue weighted by Gasteiger charge is -2.03. The summed E-state index contributed by atoms with van der Waals surface area (Å²) in [6, 6.07) is 7.11. The number of carboxylic acid groups (broad SMARTS) is 1. The first-order chi connectivity index (χ1) is 9.16. The summed E-state index contributed by atoms with van der Waals surface area (Å²) in [7, 11) is 0. The molecule has 0 saturated carbocycles. The van der Waals surface area contributed by atoms with Crippen molar-refractivity contribution in [3.63, 3.8) is 0 Å². The van der Waals surface area contributed by atoms with E-state index in [9.17, 15) is 4.79 Å². The highest BCUT2D eigenvalue weighted by Crippen LogP contribution is 2.21. The van der Waals surface area contributed by atoms with Crippen LogP contribution in [0.1, 0.15) is 10.4 Å². The Labute approximate surface area is 113 Å². The minimum Gasteiger partial charge on any atom is -0.478 e. The van der Waals surface area contributed by atoms with Gasteiger partial charge in [-0.15, -0.1) is 0 Å². The Morgan fingerprint density at radius 2 is 1.89 bits per heavy atom. The van der Waals surface area contributed by atoms with Gasteiger partial charge < -0.3 is 5.11 Å². The maximum absolute atomic E-state index is 11.1. The molecular weight excluding hydrogens is 266 g/mol. The van der Waals surface area contributed by atoms with Gasteiger partial charge in [0, 0.05) is 16.6 Å². The van der Waals surface area contributed by atoms with Gasteiger partial charge in [-0.3, -0.25) is 4.98 Å². The van der Waals surface area contributed by atoms with Gasteiger partial charge in [-0.25, -0.2) is 9.48 Å². The number of hydrogen-bond acceptors (Lipinski definition) is 3. The molecule has 0 fully saturated rings. The number of aromatic carboxylic acids is 1. The summed E-state index contributed by atoms with van der Waals surface area (Å²) in [4.78, 5) is 15.1. The van der Waals surface area contributed by atoms with Crippen molar-refractivity contribution in [3.05, 3.63) is 53.4 Å². The molecule has 0 aliphatic heterocycles. The summed E-state index contributed by atoms with van der Waals surface area (Å²) in [6.07, 6.45) is 4.43. The van der Waals surface area contributed by atoms with Crippen LogP contribution in [-0.4, -0.2) is 25.8 Å². The number of fused-ring (bicyclic) bond motifs is 1. The quantitative estimate of drug-likeness (QED) is 0.779. The normalized spacial score (nSPS) is 10.8. The van der Waals surface area contributed by atoms with Crippen LogP contribution >= 0.6 is 11.6 Å². The maximum atomic E-state index is 11.1. The summed E-state index contributed by atoms with van der Waals surface area (Å²) in [5.74, 6) is -1.02. The van der Waals surface area contributed by atoms with Gasteiger partial charge in [-0.1, -0.05) is 11.6 Å². The topological polar surface area (TPSA) is 68.0 Å². The van der Waals surface area contributed by atoms with Crippen molar-refractivity contribution in [3.8, 4) is 5.69 Å². The molecule has 6 heteroatoms. The highest BCUT2D eigenvalue weighted by Gasteiger charge is 2.13. The smallest absolute Gasteiger partial charge is 0.338 e. The van der Waals surface area contributed by atoms with Gasteiger partial charge in [0.25, 0.3) is 0 Å². The Bertz CT molecular complexity index is 765. The Kier molecular flexibility index (Phi) is 2.68. The lowest BCUT2D eigenvalue weighted by atomic mass is 10.2. The average Bonchev–Trinajstić information content (AvgIpc) is 2.83. The molecule has 19 heavy (non-hydrogen) atoms. The molecular formula is C13H8ClN3O2. The standard InChI is InChI=1S/C13H8ClN3O2/c14-8-1-3-9(4-2-8)17-12-7-15-5-11(13(18)19)10(12)6-16-17/h1-7H,(H,18,19). The van der Waals surface area contributed by atoms with Gasteiger partial charge in [-0.05, 0) is 24.3 Å². The lowest BCUT2D eigenvalue weighted by molar-refractivity contribution is 0.0698. The van der Waals surface area contributed by atoms with Crippen molar-refractivity contribution in [1.82, 2.24) is 14.8 Å². The molecule has 3 aromatic rings. The average molecular weight is 274 g/mol. The molecule has 0 bridgehead atoms. The van der Waals surface area contributed by atoms with Crippen LogP contribution in [0, 0.1) is 0 Å². The molecule has 1 aromatic carbocycles. The van der Waals surface area contributed by atoms with Gasteiger partial charge in [0.05, 0.1) is 29.2 Å². The van der Waals surface area contributed by atoms with E-state index in [1.165, 1.54) is 12.4 Å². The summed E-state index contributed by atoms with van der Waals surface area (Å²) in [6.45, 7) is 0. The molecule has 94 valence electrons. The van der Waals surface area contributed by atoms with E-state index < -0.39 is 5.97 Å². The van der Waals surface area contributed by atoms with E-state index in [4.69, 9.17) is 16.7 Å². The van der Waals surface area contributed by atoms with Crippen LogP contribution in [0.5, 0.6) is 0 Å². The zero-order valence-electron chi connectivity index (χ0n) is 9.62. The number of nitrogens with zero attached hydrogens (tertiary/aromatic N) is 3. The van der Waals surface area contributed by atoms with E-state index in [-0.39, 0.29) is 5.56 Å². The number of carbonyl (C=O) groups is 1. The maximum Gasteiger partial charge on any atom is 0.338 e. The van der Waals surface area contributed by atoms with Gasteiger partial charge in [-0.2, -0.15) is 5.10 Å². The fourth-order valence-electron chi connectivity index (χ4n) is 1.90. The Balaban J connectivity index is 2.24. The third-order valence-corrected chi connectivity index (χ3v) is 3.05. The molecule has 0 aliphatic rings. The minimum absolute atomic E-state index is 0.137. The molecule has 2 heterocycles. The first kappa shape index (κ1) is 11.7. The van der Waals surface area contributed by atoms with Crippen molar-refractivity contribution in [2.75, 3.05) is 0 Å². The van der Waals surface area contributed by atoms with Crippen LogP contribution in [0.4, 0.5) is 0 Å². The van der Waals surface area contributed by atoms with Crippen molar-refractivity contribution < 1.29 is 9.90 Å². The zero-order chi connectivity index (χ0) is 13.4. The minimum atomic E-state index is -1.02. The second kappa shape index (κ2) is 4.37. The van der Waals surface area contributed by atoms with Crippen LogP contribution < -0.4 is 0 Å². The third-order valence-electron chi connectivity index (χ3n) is 2.80. The number of carboxylic acids is 1. The molecule has 0 radical (unpaired) electrons. The van der Waals surface area contributed by atoms with Gasteiger partial charge in [0.1, 0.15) is 0 Å². The SMILES string of the molecule is O=C(O)c1cncc2c1cnn2-c1ccc(Cl)cc1. The van der Waals surface area contributed by atoms with E-state index in [0.717, 1.165) is 5.69 Å². The largest absolute Gasteiger partial charge is 0.478 e. The van der Waals surface area contributed by atoms with E-state index in [2.05, 4.69) is 10.1 Å². The molecule has 3 rings (SSSR count). The first-order valence-corrected chi connectivity index (χ1v) is 5.85. The summed E-state index contributed by atoms with van der Waals surface area (Å²) in [5.41, 5.74) is 1.57. The Morgan fingerprint density at radius 3 is 2.58 bits per heavy atom. The number of halogens is 1. The second-order valence-electron chi connectivity index (χ2n) is 3.96. The van der Waals surface area contributed by atoms with Crippen molar-refractivity contribution in [2.45, 2.75) is 0 Å². The fourth-order valence-corrected chi connectivity index (χ4v) is 2.03. The van der Waals surface area contributed by atoms with Crippen LogP contribution in [0.15, 0.2) is 42.9 Å². The van der Waals surface area contributed by atoms with Gasteiger partial charge in [0.2, 0.25) is 0 Å². The van der Waals surface area contributed by atoms with Crippen molar-refractivity contribution in [1.29, 1.82) is 0 Å². The van der Waals surface area contributed by atoms with Gasteiger partial charge in [0.15, 0.2) is 0 Å². The number of aromatic nitrogens is 3. The number of rotatable bonds is 2. The zero-order valence-corrected chi connectivity index (χ0v) is 10.4. The molecule has 0 spiro atoms. The Morgan fingerprint density at radius 1 is 1.16 bits per heavy atom. The number of hydrogen-bond donors (Lipinski definition) is 1. The predicted molar refractivity (Wildman–Crippen MR) is 70.8 cm³/mol. The number of pyridine rings is 1. The van der Waals surface area contributed by atoms with E-state index >= 15 is 0 Å². The van der Waals surface area contributed by atoms with Crippen molar-refractivity contribution >= 4 is 28.5 Å². The lowest BCUT2D eigenvalue weighted by Crippen LogP contribution is -1.99. The molecule has 0 saturated heterocycles. The monoisotopic (exact) mass is 273 g/mol. The van der Waals surface area contributed by atoms with Crippen LogP contribution in [-0.2, 0) is 0 Å². The summed E-state index contributed by atoms with van der Waals surface area (Å²) in [5, 5.41) is 14.5. The second-order valence-corrected chi connectivity index (χ2v) is 4.39. The third kappa shape index (κ3) is 1.94. The Hall–Kier alpha value is -2.40. The molecule has 0 atom stereocenters. The predicted octanol–water partition coefficient (Wildman–Crippen LogP) is 2.77. The highest BCUT2D eigenvalue weighted by molar-refractivity contribution is 6.30. The summed E-state index contributed by atoms with van der Waals surface area (Å²) >= 11 is 5.84. The van der Waals surface area contributed by atoms with E-state index in [0.29, 0.717) is 15.9 Å². The highest BCUT2D eigenvalue weighted by atomic mass is 35.5. The van der Waals surface area contributed by atoms with Crippen LogP contribution in [0.2, 0.25) is 5.02 Å². The first-order valence-electron chi connectivity index (χ1n) is 5.48. The van der Waals surface area contributed by atoms with Crippen LogP contribution in [0.25, 0.3) is 16.6 Å². The fraction of sp³-hybridized carbons (Fsp3) is 0. The molecule has 5 nitrogen and oxygen atoms in total. The van der Waals surface area contributed by atoms with E-state index in [1.807, 2.05) is 12.1 Å². The molecule has 2 aromatic heterocycles. The van der Waals surface area contributed by atoms with Crippen molar-refractivity contribution in [2.24, 2.45) is 0 Å². The number of benzene rings is 1. The van der Waals surface area contributed by atoms with Crippen LogP contribution in [0.3, 0.4) is 0 Å².